The Bertz CT molecular complexity index is 1250. The lowest BCUT2D eigenvalue weighted by atomic mass is 9.94. The van der Waals surface area contributed by atoms with Gasteiger partial charge in [-0.05, 0) is 44.5 Å². The normalized spacial score (nSPS) is 19.2. The Labute approximate surface area is 190 Å². The third-order valence-corrected chi connectivity index (χ3v) is 6.44. The molecule has 174 valence electrons. The number of nitrogens with one attached hydrogen (secondary N) is 1. The van der Waals surface area contributed by atoms with Crippen LogP contribution in [0.25, 0.3) is 10.8 Å². The fourth-order valence-corrected chi connectivity index (χ4v) is 4.24. The van der Waals surface area contributed by atoms with Gasteiger partial charge in [-0.3, -0.25) is 4.79 Å². The highest BCUT2D eigenvalue weighted by molar-refractivity contribution is 6.10. The van der Waals surface area contributed by atoms with E-state index in [1.807, 2.05) is 26.0 Å². The number of rotatable bonds is 6. The van der Waals surface area contributed by atoms with Crippen molar-refractivity contribution in [2.24, 2.45) is 0 Å². The number of likely N-dealkylation sites (N-methyl/N-ethyl adjacent to an activating group) is 1. The van der Waals surface area contributed by atoms with Crippen molar-refractivity contribution in [2.45, 2.75) is 38.3 Å². The summed E-state index contributed by atoms with van der Waals surface area (Å²) in [6.07, 6.45) is 0. The van der Waals surface area contributed by atoms with Gasteiger partial charge in [0.15, 0.2) is 11.4 Å². The number of carbonyl (C=O) groups excluding carboxylic acids is 1. The first kappa shape index (κ1) is 23.0. The van der Waals surface area contributed by atoms with Crippen molar-refractivity contribution in [3.8, 4) is 0 Å². The predicted molar refractivity (Wildman–Crippen MR) is 122 cm³/mol. The number of fused-ring (bicyclic) bond motifs is 2. The number of aliphatic hydroxyl groups is 1. The summed E-state index contributed by atoms with van der Waals surface area (Å²) in [6.45, 7) is 4.13. The molecule has 1 amide bonds. The van der Waals surface area contributed by atoms with Crippen molar-refractivity contribution in [3.05, 3.63) is 58.8 Å². The maximum Gasteiger partial charge on any atom is 0.295 e. The van der Waals surface area contributed by atoms with E-state index in [1.165, 1.54) is 25.3 Å². The van der Waals surface area contributed by atoms with Crippen molar-refractivity contribution in [3.63, 3.8) is 0 Å². The number of hydrogen-bond acceptors (Lipinski definition) is 6. The van der Waals surface area contributed by atoms with E-state index in [0.717, 1.165) is 22.0 Å². The van der Waals surface area contributed by atoms with Gasteiger partial charge in [0, 0.05) is 36.1 Å². The van der Waals surface area contributed by atoms with Crippen LogP contribution >= 0.6 is 0 Å². The summed E-state index contributed by atoms with van der Waals surface area (Å²) in [5.41, 5.74) is 1.38. The van der Waals surface area contributed by atoms with Crippen LogP contribution in [0.1, 0.15) is 42.3 Å². The number of methoxy groups -OCH3 is 1. The minimum Gasteiger partial charge on any atom is -0.390 e. The summed E-state index contributed by atoms with van der Waals surface area (Å²) in [7, 11) is 3.20. The number of halogens is 2. The molecular weight excluding hydrogens is 430 g/mol. The average molecular weight is 456 g/mol. The summed E-state index contributed by atoms with van der Waals surface area (Å²) in [5.74, 6) is -3.03. The molecule has 9 heteroatoms. The first-order valence-electron chi connectivity index (χ1n) is 10.5. The van der Waals surface area contributed by atoms with E-state index >= 15 is 0 Å². The molecule has 2 heterocycles. The Hall–Kier alpha value is -3.17. The lowest BCUT2D eigenvalue weighted by Gasteiger charge is -2.22. The van der Waals surface area contributed by atoms with Gasteiger partial charge in [0.25, 0.3) is 11.8 Å². The molecule has 1 aliphatic rings. The van der Waals surface area contributed by atoms with Crippen molar-refractivity contribution in [2.75, 3.05) is 31.0 Å². The quantitative estimate of drug-likeness (QED) is 0.582. The van der Waals surface area contributed by atoms with Crippen molar-refractivity contribution < 1.29 is 23.4 Å². The summed E-state index contributed by atoms with van der Waals surface area (Å²) >= 11 is 0. The average Bonchev–Trinajstić information content (AvgIpc) is 3.01. The number of amides is 1. The molecule has 0 spiro atoms. The molecule has 3 aromatic rings. The predicted octanol–water partition coefficient (Wildman–Crippen LogP) is 4.03. The summed E-state index contributed by atoms with van der Waals surface area (Å²) in [5, 5.41) is 22.4. The number of alkyl halides is 2. The summed E-state index contributed by atoms with van der Waals surface area (Å²) in [4.78, 5) is 14.4. The Morgan fingerprint density at radius 3 is 2.64 bits per heavy atom. The molecule has 0 radical (unpaired) electrons. The van der Waals surface area contributed by atoms with Crippen LogP contribution in [0.4, 0.5) is 20.3 Å². The van der Waals surface area contributed by atoms with E-state index in [4.69, 9.17) is 9.84 Å². The molecule has 7 nitrogen and oxygen atoms in total. The Morgan fingerprint density at radius 1 is 1.24 bits per heavy atom. The molecule has 2 aromatic carbocycles. The largest absolute Gasteiger partial charge is 0.390 e. The Balaban J connectivity index is 1.78. The van der Waals surface area contributed by atoms with E-state index in [-0.39, 0.29) is 17.5 Å². The third-order valence-electron chi connectivity index (χ3n) is 6.44. The molecule has 0 saturated heterocycles. The second-order valence-electron chi connectivity index (χ2n) is 8.50. The second kappa shape index (κ2) is 8.00. The van der Waals surface area contributed by atoms with Gasteiger partial charge in [0.05, 0.1) is 17.4 Å². The summed E-state index contributed by atoms with van der Waals surface area (Å²) in [6, 6.07) is 9.31. The Morgan fingerprint density at radius 2 is 1.97 bits per heavy atom. The molecule has 2 N–H and O–H groups in total. The lowest BCUT2D eigenvalue weighted by molar-refractivity contribution is -0.137. The topological polar surface area (TPSA) is 87.6 Å². The number of hydrogen-bond donors (Lipinski definition) is 2. The van der Waals surface area contributed by atoms with Gasteiger partial charge in [-0.15, -0.1) is 5.10 Å². The lowest BCUT2D eigenvalue weighted by Crippen LogP contribution is -2.37. The number of aliphatic hydroxyl groups excluding tert-OH is 1. The minimum atomic E-state index is -3.32. The van der Waals surface area contributed by atoms with E-state index < -0.39 is 18.1 Å². The number of carbonyl (C=O) groups is 1. The van der Waals surface area contributed by atoms with Crippen molar-refractivity contribution >= 4 is 28.2 Å². The monoisotopic (exact) mass is 456 g/mol. The SMILES string of the molecule is COC1(C)C(=O)N(C)c2cc3c(C)nnc(N[C@H](C)c4cccc(C(F)(F)CO)c4)c3cc21. The van der Waals surface area contributed by atoms with Gasteiger partial charge in [-0.2, -0.15) is 13.9 Å². The van der Waals surface area contributed by atoms with Gasteiger partial charge >= 0.3 is 0 Å². The van der Waals surface area contributed by atoms with Crippen LogP contribution in [-0.4, -0.2) is 42.0 Å². The van der Waals surface area contributed by atoms with Gasteiger partial charge in [0.1, 0.15) is 6.61 Å². The molecule has 0 aliphatic carbocycles. The van der Waals surface area contributed by atoms with E-state index in [1.54, 1.807) is 24.9 Å². The zero-order valence-corrected chi connectivity index (χ0v) is 19.1. The fraction of sp³-hybridized carbons (Fsp3) is 0.375. The molecule has 1 aromatic heterocycles. The first-order valence-corrected chi connectivity index (χ1v) is 10.5. The molecule has 2 atom stereocenters. The van der Waals surface area contributed by atoms with Gasteiger partial charge in [0.2, 0.25) is 0 Å². The molecular formula is C24H26F2N4O3. The standard InChI is InChI=1S/C24H26F2N4O3/c1-13(15-7-6-8-16(9-15)24(25,26)12-31)27-21-18-10-19-20(11-17(18)14(2)28-29-21)30(4)22(32)23(19,3)33-5/h6-11,13,31H,12H2,1-5H3,(H,27,29)/t13-,23?/m1/s1. The van der Waals surface area contributed by atoms with Gasteiger partial charge < -0.3 is 20.1 Å². The van der Waals surface area contributed by atoms with Crippen LogP contribution in [-0.2, 0) is 21.1 Å². The second-order valence-corrected chi connectivity index (χ2v) is 8.50. The number of aryl methyl sites for hydroxylation is 1. The first-order chi connectivity index (χ1) is 15.5. The zero-order chi connectivity index (χ0) is 24.1. The highest BCUT2D eigenvalue weighted by Gasteiger charge is 2.47. The molecule has 1 unspecified atom stereocenters. The van der Waals surface area contributed by atoms with E-state index in [2.05, 4.69) is 15.5 Å². The maximum absolute atomic E-state index is 14.0. The number of benzene rings is 2. The van der Waals surface area contributed by atoms with Crippen LogP contribution < -0.4 is 10.2 Å². The van der Waals surface area contributed by atoms with Crippen LogP contribution in [0.3, 0.4) is 0 Å². The molecule has 0 saturated carbocycles. The maximum atomic E-state index is 14.0. The van der Waals surface area contributed by atoms with E-state index in [9.17, 15) is 13.6 Å². The number of nitrogens with zero attached hydrogens (tertiary/aromatic N) is 3. The van der Waals surface area contributed by atoms with Crippen LogP contribution in [0.2, 0.25) is 0 Å². The molecule has 0 fully saturated rings. The molecule has 1 aliphatic heterocycles. The number of ether oxygens (including phenoxy) is 1. The van der Waals surface area contributed by atoms with Crippen molar-refractivity contribution in [1.82, 2.24) is 10.2 Å². The van der Waals surface area contributed by atoms with Gasteiger partial charge in [-0.25, -0.2) is 0 Å². The molecule has 4 rings (SSSR count). The zero-order valence-electron chi connectivity index (χ0n) is 19.1. The number of aromatic nitrogens is 2. The summed E-state index contributed by atoms with van der Waals surface area (Å²) < 4.78 is 33.5. The number of anilines is 2. The third kappa shape index (κ3) is 3.61. The Kier molecular flexibility index (Phi) is 5.58. The van der Waals surface area contributed by atoms with Crippen LogP contribution in [0.5, 0.6) is 0 Å². The molecule has 33 heavy (non-hydrogen) atoms. The van der Waals surface area contributed by atoms with Crippen molar-refractivity contribution in [1.29, 1.82) is 0 Å². The van der Waals surface area contributed by atoms with Crippen LogP contribution in [0.15, 0.2) is 36.4 Å². The van der Waals surface area contributed by atoms with Crippen LogP contribution in [0, 0.1) is 6.92 Å². The fourth-order valence-electron chi connectivity index (χ4n) is 4.24. The van der Waals surface area contributed by atoms with Gasteiger partial charge in [-0.1, -0.05) is 18.2 Å². The van der Waals surface area contributed by atoms with E-state index in [0.29, 0.717) is 17.1 Å². The minimum absolute atomic E-state index is 0.168. The highest BCUT2D eigenvalue weighted by Crippen LogP contribution is 2.45. The molecule has 0 bridgehead atoms. The highest BCUT2D eigenvalue weighted by atomic mass is 19.3. The smallest absolute Gasteiger partial charge is 0.295 e.